The quantitative estimate of drug-likeness (QED) is 0.559. The maximum atomic E-state index is 12.4. The van der Waals surface area contributed by atoms with Gasteiger partial charge in [0.2, 0.25) is 15.9 Å². The van der Waals surface area contributed by atoms with Gasteiger partial charge in [-0.05, 0) is 41.8 Å². The molecule has 164 valence electrons. The first kappa shape index (κ1) is 23.5. The molecule has 0 spiro atoms. The summed E-state index contributed by atoms with van der Waals surface area (Å²) in [4.78, 5) is 12.4. The molecule has 0 aliphatic heterocycles. The Morgan fingerprint density at radius 3 is 2.20 bits per heavy atom. The molecule has 1 atom stereocenters. The van der Waals surface area contributed by atoms with E-state index in [9.17, 15) is 13.2 Å². The van der Waals surface area contributed by atoms with Crippen molar-refractivity contribution in [3.63, 3.8) is 0 Å². The van der Waals surface area contributed by atoms with E-state index in [1.54, 1.807) is 45.6 Å². The molecule has 30 heavy (non-hydrogen) atoms. The predicted octanol–water partition coefficient (Wildman–Crippen LogP) is 2.05. The summed E-state index contributed by atoms with van der Waals surface area (Å²) in [5, 5.41) is 2.84. The Labute approximate surface area is 177 Å². The first-order valence-electron chi connectivity index (χ1n) is 9.34. The molecular weight excluding hydrogens is 408 g/mol. The third-order valence-corrected chi connectivity index (χ3v) is 5.16. The second-order valence-electron chi connectivity index (χ2n) is 6.71. The van der Waals surface area contributed by atoms with Crippen molar-refractivity contribution < 1.29 is 27.4 Å². The number of sulfonamides is 1. The van der Waals surface area contributed by atoms with Crippen LogP contribution in [0.25, 0.3) is 0 Å². The minimum absolute atomic E-state index is 0.0225. The summed E-state index contributed by atoms with van der Waals surface area (Å²) in [5.41, 5.74) is 1.66. The van der Waals surface area contributed by atoms with E-state index in [0.717, 1.165) is 11.8 Å². The van der Waals surface area contributed by atoms with Crippen LogP contribution in [0.4, 0.5) is 0 Å². The smallest absolute Gasteiger partial charge is 0.221 e. The third-order valence-electron chi connectivity index (χ3n) is 4.45. The lowest BCUT2D eigenvalue weighted by Gasteiger charge is -2.18. The van der Waals surface area contributed by atoms with E-state index < -0.39 is 16.1 Å². The van der Waals surface area contributed by atoms with Crippen LogP contribution in [0.2, 0.25) is 0 Å². The van der Waals surface area contributed by atoms with Gasteiger partial charge in [-0.2, -0.15) is 0 Å². The van der Waals surface area contributed by atoms with Gasteiger partial charge in [-0.1, -0.05) is 18.2 Å². The van der Waals surface area contributed by atoms with E-state index in [-0.39, 0.29) is 12.3 Å². The number of ether oxygens (including phenoxy) is 3. The molecule has 2 aromatic carbocycles. The summed E-state index contributed by atoms with van der Waals surface area (Å²) in [6.45, 7) is 0.405. The van der Waals surface area contributed by atoms with Gasteiger partial charge >= 0.3 is 0 Å². The van der Waals surface area contributed by atoms with Crippen molar-refractivity contribution in [3.05, 3.63) is 53.6 Å². The highest BCUT2D eigenvalue weighted by molar-refractivity contribution is 7.88. The third kappa shape index (κ3) is 7.23. The fourth-order valence-corrected chi connectivity index (χ4v) is 3.70. The van der Waals surface area contributed by atoms with Crippen LogP contribution in [-0.2, 0) is 21.2 Å². The second kappa shape index (κ2) is 10.8. The molecule has 2 aromatic rings. The van der Waals surface area contributed by atoms with E-state index in [2.05, 4.69) is 10.0 Å². The van der Waals surface area contributed by atoms with Crippen molar-refractivity contribution in [1.82, 2.24) is 10.0 Å². The van der Waals surface area contributed by atoms with Gasteiger partial charge in [0, 0.05) is 13.0 Å². The zero-order valence-corrected chi connectivity index (χ0v) is 18.4. The molecular formula is C21H28N2O6S. The Kier molecular flexibility index (Phi) is 8.49. The van der Waals surface area contributed by atoms with E-state index in [4.69, 9.17) is 14.2 Å². The number of hydrogen-bond acceptors (Lipinski definition) is 6. The van der Waals surface area contributed by atoms with Crippen LogP contribution in [-0.4, -0.2) is 48.5 Å². The topological polar surface area (TPSA) is 103 Å². The lowest BCUT2D eigenvalue weighted by molar-refractivity contribution is -0.121. The predicted molar refractivity (Wildman–Crippen MR) is 115 cm³/mol. The second-order valence-corrected chi connectivity index (χ2v) is 8.49. The van der Waals surface area contributed by atoms with Gasteiger partial charge < -0.3 is 19.5 Å². The minimum Gasteiger partial charge on any atom is -0.497 e. The molecule has 0 saturated carbocycles. The average molecular weight is 437 g/mol. The van der Waals surface area contributed by atoms with Crippen LogP contribution < -0.4 is 24.2 Å². The molecule has 0 aromatic heterocycles. The molecule has 1 amide bonds. The number of nitrogens with one attached hydrogen (secondary N) is 2. The summed E-state index contributed by atoms with van der Waals surface area (Å²) < 4.78 is 41.6. The minimum atomic E-state index is -3.50. The van der Waals surface area contributed by atoms with Crippen molar-refractivity contribution in [1.29, 1.82) is 0 Å². The van der Waals surface area contributed by atoms with Crippen molar-refractivity contribution in [2.24, 2.45) is 0 Å². The Bertz CT molecular complexity index is 944. The molecule has 0 aliphatic carbocycles. The maximum absolute atomic E-state index is 12.4. The van der Waals surface area contributed by atoms with Crippen LogP contribution in [0.1, 0.15) is 23.6 Å². The lowest BCUT2D eigenvalue weighted by atomic mass is 10.0. The molecule has 0 heterocycles. The number of methoxy groups -OCH3 is 3. The molecule has 0 aliphatic rings. The van der Waals surface area contributed by atoms with Gasteiger partial charge in [0.05, 0.1) is 33.6 Å². The highest BCUT2D eigenvalue weighted by Gasteiger charge is 2.20. The van der Waals surface area contributed by atoms with Gasteiger partial charge in [-0.15, -0.1) is 0 Å². The van der Waals surface area contributed by atoms with Gasteiger partial charge in [0.15, 0.2) is 11.5 Å². The summed E-state index contributed by atoms with van der Waals surface area (Å²) in [6, 6.07) is 11.8. The summed E-state index contributed by atoms with van der Waals surface area (Å²) in [7, 11) is 1.19. The fraction of sp³-hybridized carbons (Fsp3) is 0.381. The largest absolute Gasteiger partial charge is 0.497 e. The van der Waals surface area contributed by atoms with Crippen LogP contribution in [0.15, 0.2) is 42.5 Å². The Morgan fingerprint density at radius 2 is 1.63 bits per heavy atom. The molecule has 2 rings (SSSR count). The molecule has 9 heteroatoms. The average Bonchev–Trinajstić information content (AvgIpc) is 2.72. The number of carbonyl (C=O) groups is 1. The number of benzene rings is 2. The fourth-order valence-electron chi connectivity index (χ4n) is 2.96. The summed E-state index contributed by atoms with van der Waals surface area (Å²) in [6.07, 6.45) is 1.64. The van der Waals surface area contributed by atoms with Gasteiger partial charge in [-0.3, -0.25) is 4.79 Å². The zero-order valence-electron chi connectivity index (χ0n) is 17.6. The van der Waals surface area contributed by atoms with Gasteiger partial charge in [-0.25, -0.2) is 13.1 Å². The van der Waals surface area contributed by atoms with E-state index >= 15 is 0 Å². The van der Waals surface area contributed by atoms with E-state index in [1.165, 1.54) is 0 Å². The molecule has 0 bridgehead atoms. The van der Waals surface area contributed by atoms with Crippen molar-refractivity contribution >= 4 is 15.9 Å². The maximum Gasteiger partial charge on any atom is 0.221 e. The highest BCUT2D eigenvalue weighted by Crippen LogP contribution is 2.27. The molecule has 1 unspecified atom stereocenters. The molecule has 8 nitrogen and oxygen atoms in total. The van der Waals surface area contributed by atoms with Crippen LogP contribution in [0.3, 0.4) is 0 Å². The van der Waals surface area contributed by atoms with E-state index in [0.29, 0.717) is 35.8 Å². The standard InChI is InChI=1S/C21H28N2O6S/c1-27-17-8-6-16(7-9-17)18(23-30(4,25)26)14-21(24)22-12-11-15-5-10-19(28-2)20(13-15)29-3/h5-10,13,18,23H,11-12,14H2,1-4H3,(H,22,24). The van der Waals surface area contributed by atoms with E-state index in [1.807, 2.05) is 18.2 Å². The number of rotatable bonds is 11. The van der Waals surface area contributed by atoms with Crippen molar-refractivity contribution in [2.45, 2.75) is 18.9 Å². The highest BCUT2D eigenvalue weighted by atomic mass is 32.2. The first-order valence-corrected chi connectivity index (χ1v) is 11.2. The van der Waals surface area contributed by atoms with Crippen LogP contribution in [0, 0.1) is 0 Å². The Morgan fingerprint density at radius 1 is 0.967 bits per heavy atom. The van der Waals surface area contributed by atoms with Gasteiger partial charge in [0.1, 0.15) is 5.75 Å². The number of carbonyl (C=O) groups excluding carboxylic acids is 1. The number of hydrogen-bond donors (Lipinski definition) is 2. The normalized spacial score (nSPS) is 12.1. The first-order chi connectivity index (χ1) is 14.3. The van der Waals surface area contributed by atoms with Crippen LogP contribution in [0.5, 0.6) is 17.2 Å². The molecule has 0 radical (unpaired) electrons. The summed E-state index contributed by atoms with van der Waals surface area (Å²) >= 11 is 0. The molecule has 0 fully saturated rings. The van der Waals surface area contributed by atoms with Gasteiger partial charge in [0.25, 0.3) is 0 Å². The Hall–Kier alpha value is -2.78. The van der Waals surface area contributed by atoms with Crippen molar-refractivity contribution in [3.8, 4) is 17.2 Å². The zero-order chi connectivity index (χ0) is 22.1. The monoisotopic (exact) mass is 436 g/mol. The lowest BCUT2D eigenvalue weighted by Crippen LogP contribution is -2.34. The molecule has 0 saturated heterocycles. The summed E-state index contributed by atoms with van der Waals surface area (Å²) in [5.74, 6) is 1.65. The van der Waals surface area contributed by atoms with Crippen molar-refractivity contribution in [2.75, 3.05) is 34.1 Å². The SMILES string of the molecule is COc1ccc(C(CC(=O)NCCc2ccc(OC)c(OC)c2)NS(C)(=O)=O)cc1. The number of amides is 1. The van der Waals surface area contributed by atoms with Crippen LogP contribution >= 0.6 is 0 Å². The molecule has 2 N–H and O–H groups in total. The Balaban J connectivity index is 1.98.